The van der Waals surface area contributed by atoms with Crippen LogP contribution in [0.15, 0.2) is 35.2 Å². The highest BCUT2D eigenvalue weighted by molar-refractivity contribution is 7.92. The van der Waals surface area contributed by atoms with Crippen LogP contribution < -0.4 is 4.74 Å². The van der Waals surface area contributed by atoms with Crippen LogP contribution in [0.3, 0.4) is 0 Å². The average molecular weight is 581 g/mol. The number of hydrogen-bond donors (Lipinski definition) is 0. The number of nitrogens with zero attached hydrogens (tertiary/aromatic N) is 1. The van der Waals surface area contributed by atoms with Crippen molar-refractivity contribution < 1.29 is 30.4 Å². The summed E-state index contributed by atoms with van der Waals surface area (Å²) in [6, 6.07) is 6.28. The van der Waals surface area contributed by atoms with Gasteiger partial charge in [0.2, 0.25) is 10.0 Å². The average Bonchev–Trinajstić information content (AvgIpc) is 3.38. The molecule has 5 rings (SSSR count). The Morgan fingerprint density at radius 2 is 1.72 bits per heavy atom. The van der Waals surface area contributed by atoms with E-state index in [0.717, 1.165) is 18.9 Å². The third-order valence-electron chi connectivity index (χ3n) is 7.69. The SMILES string of the molecule is O=S(=O)(C[C@@H]1CC[C@@]2(S(=O)(=O)c3ccc(Cl)cc3)c3c(F)c(Cl)cc(F)c3OC[C@H]2C1)N1CCCC1. The molecule has 12 heteroatoms. The van der Waals surface area contributed by atoms with Crippen molar-refractivity contribution in [2.75, 3.05) is 25.4 Å². The van der Waals surface area contributed by atoms with Crippen LogP contribution in [-0.2, 0) is 24.6 Å². The van der Waals surface area contributed by atoms with E-state index in [-0.39, 0.29) is 42.4 Å². The fourth-order valence-corrected chi connectivity index (χ4v) is 10.6. The fraction of sp³-hybridized carbons (Fsp3) is 0.500. The summed E-state index contributed by atoms with van der Waals surface area (Å²) in [5, 5.41) is -0.216. The lowest BCUT2D eigenvalue weighted by atomic mass is 9.69. The Balaban J connectivity index is 1.61. The molecule has 2 aromatic rings. The van der Waals surface area contributed by atoms with E-state index in [1.54, 1.807) is 0 Å². The van der Waals surface area contributed by atoms with Crippen LogP contribution in [0.1, 0.15) is 37.7 Å². The van der Waals surface area contributed by atoms with Gasteiger partial charge < -0.3 is 4.74 Å². The molecule has 0 radical (unpaired) electrons. The van der Waals surface area contributed by atoms with Crippen LogP contribution in [0.5, 0.6) is 5.75 Å². The zero-order valence-corrected chi connectivity index (χ0v) is 22.4. The van der Waals surface area contributed by atoms with Gasteiger partial charge in [-0.25, -0.2) is 29.9 Å². The minimum absolute atomic E-state index is 0.0901. The van der Waals surface area contributed by atoms with Crippen molar-refractivity contribution in [2.24, 2.45) is 11.8 Å². The van der Waals surface area contributed by atoms with Gasteiger partial charge in [0.1, 0.15) is 4.75 Å². The number of rotatable bonds is 5. The number of benzene rings is 2. The minimum Gasteiger partial charge on any atom is -0.490 e. The van der Waals surface area contributed by atoms with E-state index in [2.05, 4.69) is 0 Å². The fourth-order valence-electron chi connectivity index (χ4n) is 5.98. The van der Waals surface area contributed by atoms with Gasteiger partial charge in [-0.15, -0.1) is 0 Å². The Hall–Kier alpha value is -1.46. The van der Waals surface area contributed by atoms with E-state index in [1.807, 2.05) is 0 Å². The first kappa shape index (κ1) is 26.2. The summed E-state index contributed by atoms with van der Waals surface area (Å²) in [6.07, 6.45) is 1.88. The van der Waals surface area contributed by atoms with Gasteiger partial charge in [-0.05, 0) is 68.4 Å². The van der Waals surface area contributed by atoms with Gasteiger partial charge in [-0.3, -0.25) is 0 Å². The van der Waals surface area contributed by atoms with E-state index >= 15 is 4.39 Å². The zero-order chi connectivity index (χ0) is 25.9. The Morgan fingerprint density at radius 3 is 2.39 bits per heavy atom. The smallest absolute Gasteiger partial charge is 0.214 e. The summed E-state index contributed by atoms with van der Waals surface area (Å²) in [5.74, 6) is -3.75. The lowest BCUT2D eigenvalue weighted by Crippen LogP contribution is -2.53. The Kier molecular flexibility index (Phi) is 6.81. The molecule has 3 aliphatic rings. The van der Waals surface area contributed by atoms with E-state index in [4.69, 9.17) is 27.9 Å². The molecule has 0 spiro atoms. The van der Waals surface area contributed by atoms with E-state index < -0.39 is 58.5 Å². The van der Waals surface area contributed by atoms with Gasteiger partial charge in [0.25, 0.3) is 0 Å². The van der Waals surface area contributed by atoms with Crippen LogP contribution in [0.25, 0.3) is 0 Å². The molecule has 2 aromatic carbocycles. The monoisotopic (exact) mass is 579 g/mol. The van der Waals surface area contributed by atoms with E-state index in [9.17, 15) is 21.2 Å². The normalized spacial score (nSPS) is 26.8. The molecular formula is C24H25Cl2F2NO5S2. The van der Waals surface area contributed by atoms with Crippen molar-refractivity contribution in [3.63, 3.8) is 0 Å². The first-order valence-corrected chi connectivity index (χ1v) is 15.6. The molecule has 1 saturated carbocycles. The molecule has 0 N–H and O–H groups in total. The van der Waals surface area contributed by atoms with Crippen molar-refractivity contribution in [3.05, 3.63) is 57.6 Å². The van der Waals surface area contributed by atoms with Gasteiger partial charge in [0.15, 0.2) is 27.2 Å². The summed E-state index contributed by atoms with van der Waals surface area (Å²) in [6.45, 7) is 0.762. The summed E-state index contributed by atoms with van der Waals surface area (Å²) in [7, 11) is -7.84. The van der Waals surface area contributed by atoms with Crippen molar-refractivity contribution in [3.8, 4) is 5.75 Å². The maximum atomic E-state index is 15.6. The third-order valence-corrected chi connectivity index (χ3v) is 12.9. The Morgan fingerprint density at radius 1 is 1.06 bits per heavy atom. The molecule has 1 aliphatic carbocycles. The number of ether oxygens (including phenoxy) is 1. The highest BCUT2D eigenvalue weighted by Gasteiger charge is 2.60. The van der Waals surface area contributed by atoms with Crippen LogP contribution in [-0.4, -0.2) is 46.6 Å². The second-order valence-electron chi connectivity index (χ2n) is 9.74. The maximum absolute atomic E-state index is 15.6. The lowest BCUT2D eigenvalue weighted by Gasteiger charge is -2.49. The van der Waals surface area contributed by atoms with Crippen LogP contribution in [0.2, 0.25) is 10.0 Å². The molecule has 0 unspecified atom stereocenters. The Bertz CT molecular complexity index is 1400. The highest BCUT2D eigenvalue weighted by Crippen LogP contribution is 2.58. The van der Waals surface area contributed by atoms with Crippen LogP contribution in [0.4, 0.5) is 8.78 Å². The van der Waals surface area contributed by atoms with Gasteiger partial charge in [0, 0.05) is 24.0 Å². The second-order valence-corrected chi connectivity index (χ2v) is 14.8. The lowest BCUT2D eigenvalue weighted by molar-refractivity contribution is 0.103. The molecule has 196 valence electrons. The Labute approximate surface area is 219 Å². The second kappa shape index (κ2) is 9.38. The summed E-state index contributed by atoms with van der Waals surface area (Å²) >= 11 is 11.9. The number of halogens is 4. The number of sulfonamides is 1. The molecule has 0 amide bonds. The summed E-state index contributed by atoms with van der Waals surface area (Å²) < 4.78 is 90.1. The number of hydrogen-bond acceptors (Lipinski definition) is 5. The minimum atomic E-state index is -4.32. The van der Waals surface area contributed by atoms with Crippen molar-refractivity contribution >= 4 is 43.1 Å². The van der Waals surface area contributed by atoms with E-state index in [1.165, 1.54) is 28.6 Å². The standard InChI is InChI=1S/C24H25Cl2F2NO5S2/c25-17-3-5-18(6-4-17)36(32,33)24-8-7-15(14-35(30,31)29-9-1-2-10-29)11-16(24)13-34-23-20(27)12-19(26)22(28)21(23)24/h3-6,12,15-16H,1-2,7-11,13-14H2/t15-,16-,24+/m1/s1. The first-order chi connectivity index (χ1) is 17.0. The van der Waals surface area contributed by atoms with Gasteiger partial charge >= 0.3 is 0 Å². The summed E-state index contributed by atoms with van der Waals surface area (Å²) in [4.78, 5) is -0.0901. The summed E-state index contributed by atoms with van der Waals surface area (Å²) in [5.41, 5.74) is -0.417. The largest absolute Gasteiger partial charge is 0.490 e. The molecule has 36 heavy (non-hydrogen) atoms. The molecule has 2 fully saturated rings. The first-order valence-electron chi connectivity index (χ1n) is 11.8. The molecule has 2 heterocycles. The maximum Gasteiger partial charge on any atom is 0.214 e. The van der Waals surface area contributed by atoms with Crippen molar-refractivity contribution in [2.45, 2.75) is 41.7 Å². The van der Waals surface area contributed by atoms with Gasteiger partial charge in [-0.2, -0.15) is 0 Å². The quantitative estimate of drug-likeness (QED) is 0.456. The molecular weight excluding hydrogens is 555 g/mol. The van der Waals surface area contributed by atoms with Gasteiger partial charge in [0.05, 0.1) is 27.8 Å². The van der Waals surface area contributed by atoms with Gasteiger partial charge in [-0.1, -0.05) is 23.2 Å². The third kappa shape index (κ3) is 4.13. The molecule has 2 aliphatic heterocycles. The van der Waals surface area contributed by atoms with Crippen LogP contribution >= 0.6 is 23.2 Å². The van der Waals surface area contributed by atoms with Crippen molar-refractivity contribution in [1.82, 2.24) is 4.31 Å². The molecule has 0 bridgehead atoms. The zero-order valence-electron chi connectivity index (χ0n) is 19.2. The van der Waals surface area contributed by atoms with E-state index in [0.29, 0.717) is 18.1 Å². The topological polar surface area (TPSA) is 80.8 Å². The number of sulfone groups is 1. The number of fused-ring (bicyclic) bond motifs is 3. The highest BCUT2D eigenvalue weighted by atomic mass is 35.5. The van der Waals surface area contributed by atoms with Crippen LogP contribution in [0, 0.1) is 23.5 Å². The molecule has 0 aromatic heterocycles. The molecule has 6 nitrogen and oxygen atoms in total. The van der Waals surface area contributed by atoms with Crippen molar-refractivity contribution in [1.29, 1.82) is 0 Å². The molecule has 1 saturated heterocycles. The molecule has 3 atom stereocenters. The predicted molar refractivity (Wildman–Crippen MR) is 133 cm³/mol. The predicted octanol–water partition coefficient (Wildman–Crippen LogP) is 5.18.